The Morgan fingerprint density at radius 3 is 1.64 bits per heavy atom. The molecule has 1 aliphatic rings. The molecule has 0 aromatic heterocycles. The summed E-state index contributed by atoms with van der Waals surface area (Å²) in [6.45, 7) is 10.9. The van der Waals surface area contributed by atoms with Crippen LogP contribution in [0.4, 0.5) is 5.69 Å². The lowest BCUT2D eigenvalue weighted by atomic mass is 9.97. The van der Waals surface area contributed by atoms with Crippen LogP contribution in [-0.4, -0.2) is 67.6 Å². The van der Waals surface area contributed by atoms with Crippen molar-refractivity contribution < 1.29 is 52.4 Å². The summed E-state index contributed by atoms with van der Waals surface area (Å²) in [4.78, 5) is 62.2. The van der Waals surface area contributed by atoms with E-state index in [-0.39, 0.29) is 11.7 Å². The molecule has 12 nitrogen and oxygen atoms in total. The normalized spacial score (nSPS) is 22.7. The van der Waals surface area contributed by atoms with Gasteiger partial charge in [-0.3, -0.25) is 19.2 Å². The Kier molecular flexibility index (Phi) is 11.3. The second-order valence-corrected chi connectivity index (χ2v) is 9.94. The summed E-state index contributed by atoms with van der Waals surface area (Å²) in [6.07, 6.45) is -7.50. The van der Waals surface area contributed by atoms with Crippen molar-refractivity contribution in [3.63, 3.8) is 0 Å². The maximum Gasteiger partial charge on any atom is 0.339 e. The van der Waals surface area contributed by atoms with Crippen LogP contribution >= 0.6 is 0 Å². The summed E-state index contributed by atoms with van der Waals surface area (Å²) in [5.41, 5.74) is 0.499. The molecule has 0 saturated carbocycles. The molecule has 1 fully saturated rings. The van der Waals surface area contributed by atoms with Crippen LogP contribution in [0.2, 0.25) is 0 Å². The van der Waals surface area contributed by atoms with Gasteiger partial charge in [0.15, 0.2) is 18.3 Å². The van der Waals surface area contributed by atoms with Crippen molar-refractivity contribution in [1.82, 2.24) is 0 Å². The molecule has 0 spiro atoms. The monoisotopic (exact) mass is 551 g/mol. The minimum atomic E-state index is -1.58. The summed E-state index contributed by atoms with van der Waals surface area (Å²) >= 11 is 0. The molecule has 1 saturated heterocycles. The second kappa shape index (κ2) is 13.9. The smallest absolute Gasteiger partial charge is 0.339 e. The molecule has 0 unspecified atom stereocenters. The fourth-order valence-electron chi connectivity index (χ4n) is 3.36. The number of hydrogen-bond acceptors (Lipinski definition) is 11. The van der Waals surface area contributed by atoms with Gasteiger partial charge in [-0.15, -0.1) is 0 Å². The Morgan fingerprint density at radius 1 is 0.744 bits per heavy atom. The molecule has 5 atom stereocenters. The molecule has 0 radical (unpaired) electrons. The first-order valence-electron chi connectivity index (χ1n) is 12.6. The van der Waals surface area contributed by atoms with E-state index in [9.17, 15) is 24.0 Å². The number of amides is 1. The molecule has 216 valence electrons. The standard InChI is InChI=1S/C27H37NO11/c1-13(2)23(30)36-19-20(37-24(31)14(3)4)22(38-25(32)15(5)6)27(39-21(19)26(33)34-8)35-18-11-9-17(10-12-18)28-16(7)29/h9-15,19-22,27H,1-8H3,(H,28,29)/t19-,20-,21-,22+,27+/m0/s1. The van der Waals surface area contributed by atoms with Crippen LogP contribution in [0.15, 0.2) is 24.3 Å². The first-order chi connectivity index (χ1) is 18.2. The number of hydrogen-bond donors (Lipinski definition) is 1. The number of carbonyl (C=O) groups excluding carboxylic acids is 5. The molecule has 12 heteroatoms. The Bertz CT molecular complexity index is 1030. The highest BCUT2D eigenvalue weighted by Crippen LogP contribution is 2.32. The van der Waals surface area contributed by atoms with Gasteiger partial charge in [0, 0.05) is 12.6 Å². The summed E-state index contributed by atoms with van der Waals surface area (Å²) in [5.74, 6) is -4.83. The highest BCUT2D eigenvalue weighted by molar-refractivity contribution is 5.88. The Balaban J connectivity index is 2.58. The summed E-state index contributed by atoms with van der Waals surface area (Å²) in [7, 11) is 1.11. The molecule has 0 bridgehead atoms. The van der Waals surface area contributed by atoms with Crippen molar-refractivity contribution in [2.45, 2.75) is 79.2 Å². The molecule has 39 heavy (non-hydrogen) atoms. The lowest BCUT2D eigenvalue weighted by molar-refractivity contribution is -0.285. The van der Waals surface area contributed by atoms with Crippen molar-refractivity contribution in [2.24, 2.45) is 17.8 Å². The van der Waals surface area contributed by atoms with E-state index in [0.717, 1.165) is 7.11 Å². The van der Waals surface area contributed by atoms with Crippen LogP contribution in [0.25, 0.3) is 0 Å². The first-order valence-corrected chi connectivity index (χ1v) is 12.6. The number of methoxy groups -OCH3 is 1. The largest absolute Gasteiger partial charge is 0.467 e. The van der Waals surface area contributed by atoms with E-state index in [2.05, 4.69) is 5.32 Å². The average Bonchev–Trinajstić information content (AvgIpc) is 2.86. The molecule has 1 heterocycles. The van der Waals surface area contributed by atoms with Crippen molar-refractivity contribution in [2.75, 3.05) is 12.4 Å². The zero-order valence-electron chi connectivity index (χ0n) is 23.4. The summed E-state index contributed by atoms with van der Waals surface area (Å²) < 4.78 is 33.6. The Hall–Kier alpha value is -3.67. The van der Waals surface area contributed by atoms with E-state index in [4.69, 9.17) is 28.4 Å². The molecule has 1 aliphatic heterocycles. The predicted octanol–water partition coefficient (Wildman–Crippen LogP) is 2.63. The quantitative estimate of drug-likeness (QED) is 0.337. The van der Waals surface area contributed by atoms with E-state index >= 15 is 0 Å². The minimum Gasteiger partial charge on any atom is -0.467 e. The van der Waals surface area contributed by atoms with Gasteiger partial charge < -0.3 is 33.7 Å². The molecule has 1 aromatic rings. The number of benzene rings is 1. The van der Waals surface area contributed by atoms with Gasteiger partial charge in [0.1, 0.15) is 5.75 Å². The van der Waals surface area contributed by atoms with Gasteiger partial charge in [-0.1, -0.05) is 41.5 Å². The lowest BCUT2D eigenvalue weighted by Crippen LogP contribution is -2.65. The summed E-state index contributed by atoms with van der Waals surface area (Å²) in [6, 6.07) is 6.16. The molecule has 1 amide bonds. The molecule has 0 aliphatic carbocycles. The van der Waals surface area contributed by atoms with E-state index in [0.29, 0.717) is 5.69 Å². The third kappa shape index (κ3) is 8.67. The lowest BCUT2D eigenvalue weighted by Gasteiger charge is -2.43. The first kappa shape index (κ1) is 31.5. The van der Waals surface area contributed by atoms with Crippen LogP contribution in [0.1, 0.15) is 48.5 Å². The van der Waals surface area contributed by atoms with Gasteiger partial charge in [-0.2, -0.15) is 0 Å². The minimum absolute atomic E-state index is 0.217. The number of esters is 4. The fourth-order valence-corrected chi connectivity index (χ4v) is 3.36. The van der Waals surface area contributed by atoms with Gasteiger partial charge in [0.05, 0.1) is 24.9 Å². The fraction of sp³-hybridized carbons (Fsp3) is 0.593. The molecule has 2 rings (SSSR count). The maximum absolute atomic E-state index is 12.8. The number of carbonyl (C=O) groups is 5. The van der Waals surface area contributed by atoms with Crippen molar-refractivity contribution in [1.29, 1.82) is 0 Å². The predicted molar refractivity (Wildman–Crippen MR) is 136 cm³/mol. The number of anilines is 1. The highest BCUT2D eigenvalue weighted by Gasteiger charge is 2.56. The Labute approximate surface area is 227 Å². The zero-order valence-corrected chi connectivity index (χ0v) is 23.4. The van der Waals surface area contributed by atoms with Crippen molar-refractivity contribution in [3.05, 3.63) is 24.3 Å². The third-order valence-electron chi connectivity index (χ3n) is 5.53. The maximum atomic E-state index is 12.8. The number of ether oxygens (including phenoxy) is 6. The van der Waals surface area contributed by atoms with Crippen LogP contribution in [0.5, 0.6) is 5.75 Å². The van der Waals surface area contributed by atoms with E-state index in [1.54, 1.807) is 53.7 Å². The zero-order chi connectivity index (χ0) is 29.4. The van der Waals surface area contributed by atoms with Gasteiger partial charge in [-0.05, 0) is 24.3 Å². The highest BCUT2D eigenvalue weighted by atomic mass is 16.7. The van der Waals surface area contributed by atoms with Crippen LogP contribution in [-0.2, 0) is 47.7 Å². The topological polar surface area (TPSA) is 153 Å². The second-order valence-electron chi connectivity index (χ2n) is 9.94. The molecular weight excluding hydrogens is 514 g/mol. The summed E-state index contributed by atoms with van der Waals surface area (Å²) in [5, 5.41) is 2.62. The number of rotatable bonds is 10. The van der Waals surface area contributed by atoms with E-state index in [1.807, 2.05) is 0 Å². The van der Waals surface area contributed by atoms with Gasteiger partial charge in [0.25, 0.3) is 0 Å². The third-order valence-corrected chi connectivity index (χ3v) is 5.53. The number of nitrogens with one attached hydrogen (secondary N) is 1. The van der Waals surface area contributed by atoms with Crippen molar-refractivity contribution >= 4 is 35.5 Å². The SMILES string of the molecule is COC(=O)[C@H]1O[C@@H](Oc2ccc(NC(C)=O)cc2)[C@H](OC(=O)C(C)C)[C@@H](OC(=O)C(C)C)[C@@H]1OC(=O)C(C)C. The molecular formula is C27H37NO11. The van der Waals surface area contributed by atoms with Crippen molar-refractivity contribution in [3.8, 4) is 5.75 Å². The van der Waals surface area contributed by atoms with E-state index in [1.165, 1.54) is 19.1 Å². The van der Waals surface area contributed by atoms with Crippen LogP contribution in [0, 0.1) is 17.8 Å². The van der Waals surface area contributed by atoms with Gasteiger partial charge in [-0.25, -0.2) is 4.79 Å². The van der Waals surface area contributed by atoms with E-state index < -0.39 is 72.3 Å². The molecule has 1 aromatic carbocycles. The van der Waals surface area contributed by atoms with Crippen LogP contribution < -0.4 is 10.1 Å². The molecule has 1 N–H and O–H groups in total. The van der Waals surface area contributed by atoms with Crippen LogP contribution in [0.3, 0.4) is 0 Å². The van der Waals surface area contributed by atoms with Gasteiger partial charge in [0.2, 0.25) is 18.3 Å². The Morgan fingerprint density at radius 2 is 1.21 bits per heavy atom. The average molecular weight is 552 g/mol. The van der Waals surface area contributed by atoms with Gasteiger partial charge >= 0.3 is 23.9 Å².